The number of hydrogen-bond acceptors (Lipinski definition) is 3. The quantitative estimate of drug-likeness (QED) is 0.828. The van der Waals surface area contributed by atoms with Gasteiger partial charge in [-0.3, -0.25) is 0 Å². The van der Waals surface area contributed by atoms with Gasteiger partial charge in [-0.25, -0.2) is 9.37 Å². The molecule has 1 spiro atoms. The van der Waals surface area contributed by atoms with Gasteiger partial charge < -0.3 is 10.2 Å². The largest absolute Gasteiger partial charge is 0.346 e. The predicted molar refractivity (Wildman–Crippen MR) is 70.2 cm³/mol. The molecule has 1 saturated heterocycles. The third-order valence-corrected chi connectivity index (χ3v) is 4.32. The third-order valence-electron chi connectivity index (χ3n) is 4.32. The first-order valence-corrected chi connectivity index (χ1v) is 6.91. The number of piperazine rings is 1. The molecule has 2 heterocycles. The summed E-state index contributed by atoms with van der Waals surface area (Å²) in [6.07, 6.45) is 7.78. The maximum atomic E-state index is 14.0. The van der Waals surface area contributed by atoms with Crippen LogP contribution in [0.5, 0.6) is 0 Å². The molecule has 0 amide bonds. The SMILES string of the molecule is Fc1cccnc1N1CCNCC12CCCCC2. The van der Waals surface area contributed by atoms with Crippen LogP contribution in [0.3, 0.4) is 0 Å². The summed E-state index contributed by atoms with van der Waals surface area (Å²) in [5.74, 6) is 0.352. The third kappa shape index (κ3) is 1.99. The van der Waals surface area contributed by atoms with Crippen LogP contribution in [0, 0.1) is 5.82 Å². The summed E-state index contributed by atoms with van der Waals surface area (Å²) in [7, 11) is 0. The number of pyridine rings is 1. The van der Waals surface area contributed by atoms with Crippen LogP contribution < -0.4 is 10.2 Å². The maximum Gasteiger partial charge on any atom is 0.165 e. The molecule has 4 heteroatoms. The summed E-state index contributed by atoms with van der Waals surface area (Å²) in [5.41, 5.74) is 0.0890. The fourth-order valence-electron chi connectivity index (χ4n) is 3.41. The molecule has 2 aliphatic rings. The lowest BCUT2D eigenvalue weighted by molar-refractivity contribution is 0.238. The zero-order valence-electron chi connectivity index (χ0n) is 10.7. The second kappa shape index (κ2) is 4.84. The molecule has 0 radical (unpaired) electrons. The second-order valence-electron chi connectivity index (χ2n) is 5.42. The highest BCUT2D eigenvalue weighted by Gasteiger charge is 2.41. The molecule has 0 aromatic carbocycles. The van der Waals surface area contributed by atoms with Crippen molar-refractivity contribution in [2.45, 2.75) is 37.6 Å². The Morgan fingerprint density at radius 1 is 1.28 bits per heavy atom. The Bertz CT molecular complexity index is 407. The van der Waals surface area contributed by atoms with Crippen molar-refractivity contribution in [1.29, 1.82) is 0 Å². The minimum Gasteiger partial charge on any atom is -0.346 e. The lowest BCUT2D eigenvalue weighted by Crippen LogP contribution is -2.62. The van der Waals surface area contributed by atoms with E-state index < -0.39 is 0 Å². The van der Waals surface area contributed by atoms with Crippen molar-refractivity contribution >= 4 is 5.82 Å². The Balaban J connectivity index is 1.94. The van der Waals surface area contributed by atoms with Gasteiger partial charge in [0.1, 0.15) is 0 Å². The molecule has 1 aliphatic heterocycles. The molecule has 1 aromatic heterocycles. The van der Waals surface area contributed by atoms with Gasteiger partial charge in [0.25, 0.3) is 0 Å². The Morgan fingerprint density at radius 2 is 2.11 bits per heavy atom. The van der Waals surface area contributed by atoms with Crippen molar-refractivity contribution in [3.05, 3.63) is 24.1 Å². The predicted octanol–water partition coefficient (Wildman–Crippen LogP) is 2.33. The van der Waals surface area contributed by atoms with Gasteiger partial charge in [0.15, 0.2) is 11.6 Å². The van der Waals surface area contributed by atoms with Gasteiger partial charge in [0.2, 0.25) is 0 Å². The van der Waals surface area contributed by atoms with Gasteiger partial charge in [0, 0.05) is 25.8 Å². The van der Waals surface area contributed by atoms with Crippen LogP contribution in [-0.4, -0.2) is 30.2 Å². The highest BCUT2D eigenvalue weighted by Crippen LogP contribution is 2.37. The number of nitrogens with zero attached hydrogens (tertiary/aromatic N) is 2. The van der Waals surface area contributed by atoms with E-state index in [0.717, 1.165) is 32.5 Å². The molecular weight excluding hydrogens is 229 g/mol. The molecule has 3 rings (SSSR count). The van der Waals surface area contributed by atoms with Crippen LogP contribution in [0.4, 0.5) is 10.2 Å². The Labute approximate surface area is 107 Å². The molecule has 1 saturated carbocycles. The standard InChI is InChI=1S/C14H20FN3/c15-12-5-4-8-17-13(12)18-10-9-16-11-14(18)6-2-1-3-7-14/h4-5,8,16H,1-3,6-7,9-11H2. The molecular formula is C14H20FN3. The fourth-order valence-corrected chi connectivity index (χ4v) is 3.41. The number of aromatic nitrogens is 1. The van der Waals surface area contributed by atoms with E-state index in [1.165, 1.54) is 25.3 Å². The molecule has 18 heavy (non-hydrogen) atoms. The van der Waals surface area contributed by atoms with E-state index in [-0.39, 0.29) is 11.4 Å². The normalized spacial score (nSPS) is 23.3. The minimum absolute atomic E-state index is 0.0890. The van der Waals surface area contributed by atoms with Crippen LogP contribution in [0.25, 0.3) is 0 Å². The van der Waals surface area contributed by atoms with Gasteiger partial charge in [-0.05, 0) is 25.0 Å². The van der Waals surface area contributed by atoms with E-state index >= 15 is 0 Å². The van der Waals surface area contributed by atoms with Crippen molar-refractivity contribution in [2.75, 3.05) is 24.5 Å². The van der Waals surface area contributed by atoms with Gasteiger partial charge in [-0.2, -0.15) is 0 Å². The van der Waals surface area contributed by atoms with Crippen LogP contribution >= 0.6 is 0 Å². The molecule has 3 nitrogen and oxygen atoms in total. The van der Waals surface area contributed by atoms with Gasteiger partial charge in [-0.1, -0.05) is 19.3 Å². The fraction of sp³-hybridized carbons (Fsp3) is 0.643. The Kier molecular flexibility index (Phi) is 3.20. The van der Waals surface area contributed by atoms with Gasteiger partial charge >= 0.3 is 0 Å². The zero-order valence-corrected chi connectivity index (χ0v) is 10.7. The van der Waals surface area contributed by atoms with Crippen molar-refractivity contribution < 1.29 is 4.39 Å². The average Bonchev–Trinajstić information content (AvgIpc) is 2.41. The van der Waals surface area contributed by atoms with E-state index in [2.05, 4.69) is 15.2 Å². The monoisotopic (exact) mass is 249 g/mol. The van der Waals surface area contributed by atoms with Crippen molar-refractivity contribution in [3.8, 4) is 0 Å². The maximum absolute atomic E-state index is 14.0. The highest BCUT2D eigenvalue weighted by molar-refractivity contribution is 5.44. The Hall–Kier alpha value is -1.16. The van der Waals surface area contributed by atoms with Crippen LogP contribution in [0.1, 0.15) is 32.1 Å². The lowest BCUT2D eigenvalue weighted by atomic mass is 9.79. The molecule has 1 aliphatic carbocycles. The summed E-state index contributed by atoms with van der Waals surface area (Å²) >= 11 is 0. The first-order valence-electron chi connectivity index (χ1n) is 6.91. The molecule has 0 atom stereocenters. The molecule has 0 bridgehead atoms. The van der Waals surface area contributed by atoms with E-state index in [1.54, 1.807) is 12.3 Å². The Morgan fingerprint density at radius 3 is 2.89 bits per heavy atom. The summed E-state index contributed by atoms with van der Waals surface area (Å²) in [6.45, 7) is 2.73. The van der Waals surface area contributed by atoms with E-state index in [9.17, 15) is 4.39 Å². The number of nitrogens with one attached hydrogen (secondary N) is 1. The van der Waals surface area contributed by atoms with Crippen LogP contribution in [0.2, 0.25) is 0 Å². The summed E-state index contributed by atoms with van der Waals surface area (Å²) in [5, 5.41) is 3.47. The molecule has 1 N–H and O–H groups in total. The number of halogens is 1. The van der Waals surface area contributed by atoms with Crippen molar-refractivity contribution in [1.82, 2.24) is 10.3 Å². The van der Waals surface area contributed by atoms with Crippen molar-refractivity contribution in [2.24, 2.45) is 0 Å². The highest BCUT2D eigenvalue weighted by atomic mass is 19.1. The molecule has 1 aromatic rings. The smallest absolute Gasteiger partial charge is 0.165 e. The van der Waals surface area contributed by atoms with E-state index in [4.69, 9.17) is 0 Å². The van der Waals surface area contributed by atoms with Crippen LogP contribution in [0.15, 0.2) is 18.3 Å². The summed E-state index contributed by atoms with van der Waals surface area (Å²) in [6, 6.07) is 3.18. The summed E-state index contributed by atoms with van der Waals surface area (Å²) in [4.78, 5) is 6.49. The first kappa shape index (κ1) is 11.9. The zero-order chi connectivity index (χ0) is 12.4. The molecule has 2 fully saturated rings. The van der Waals surface area contributed by atoms with Crippen LogP contribution in [-0.2, 0) is 0 Å². The number of anilines is 1. The summed E-state index contributed by atoms with van der Waals surface area (Å²) < 4.78 is 14.0. The van der Waals surface area contributed by atoms with Gasteiger partial charge in [0.05, 0.1) is 5.54 Å². The van der Waals surface area contributed by atoms with E-state index in [0.29, 0.717) is 5.82 Å². The minimum atomic E-state index is -0.190. The van der Waals surface area contributed by atoms with Crippen molar-refractivity contribution in [3.63, 3.8) is 0 Å². The van der Waals surface area contributed by atoms with Gasteiger partial charge in [-0.15, -0.1) is 0 Å². The topological polar surface area (TPSA) is 28.2 Å². The second-order valence-corrected chi connectivity index (χ2v) is 5.42. The number of hydrogen-bond donors (Lipinski definition) is 1. The average molecular weight is 249 g/mol. The first-order chi connectivity index (χ1) is 8.82. The lowest BCUT2D eigenvalue weighted by Gasteiger charge is -2.50. The van der Waals surface area contributed by atoms with E-state index in [1.807, 2.05) is 0 Å². The molecule has 0 unspecified atom stereocenters. The number of rotatable bonds is 1. The molecule has 98 valence electrons.